The number of nitrogens with one attached hydrogen (secondary N) is 2. The maximum absolute atomic E-state index is 12.6. The Morgan fingerprint density at radius 1 is 1.33 bits per heavy atom. The molecule has 0 saturated carbocycles. The Kier molecular flexibility index (Phi) is 4.05. The molecule has 0 aliphatic heterocycles. The molecular weight excluding hydrogens is 247 g/mol. The van der Waals surface area contributed by atoms with Crippen LogP contribution in [0.4, 0.5) is 29.3 Å². The Balaban J connectivity index is 2.89. The van der Waals surface area contributed by atoms with Gasteiger partial charge in [-0.25, -0.2) is 4.79 Å². The second kappa shape index (κ2) is 5.16. The van der Waals surface area contributed by atoms with Crippen molar-refractivity contribution in [3.05, 3.63) is 23.8 Å². The number of carbonyl (C=O) groups excluding carboxylic acids is 1. The van der Waals surface area contributed by atoms with Crippen molar-refractivity contribution in [2.75, 3.05) is 11.1 Å². The Morgan fingerprint density at radius 3 is 2.44 bits per heavy atom. The number of hydrogen-bond acceptors (Lipinski definition) is 2. The van der Waals surface area contributed by atoms with Crippen molar-refractivity contribution in [2.24, 2.45) is 0 Å². The Morgan fingerprint density at radius 2 is 1.94 bits per heavy atom. The van der Waals surface area contributed by atoms with Gasteiger partial charge in [0.1, 0.15) is 0 Å². The van der Waals surface area contributed by atoms with E-state index >= 15 is 0 Å². The topological polar surface area (TPSA) is 67.2 Å². The van der Waals surface area contributed by atoms with E-state index in [0.29, 0.717) is 0 Å². The third-order valence-corrected chi connectivity index (χ3v) is 2.04. The fraction of sp³-hybridized carbons (Fsp3) is 0.364. The van der Waals surface area contributed by atoms with Crippen molar-refractivity contribution < 1.29 is 18.0 Å². The molecule has 0 saturated heterocycles. The summed E-state index contributed by atoms with van der Waals surface area (Å²) >= 11 is 0. The highest BCUT2D eigenvalue weighted by Gasteiger charge is 2.33. The van der Waals surface area contributed by atoms with Crippen LogP contribution in [0.1, 0.15) is 19.4 Å². The maximum atomic E-state index is 12.6. The van der Waals surface area contributed by atoms with Crippen molar-refractivity contribution in [2.45, 2.75) is 26.1 Å². The lowest BCUT2D eigenvalue weighted by Gasteiger charge is -2.13. The molecule has 100 valence electrons. The molecule has 0 fully saturated rings. The number of rotatable bonds is 2. The quantitative estimate of drug-likeness (QED) is 0.716. The molecule has 0 bridgehead atoms. The average Bonchev–Trinajstić information content (AvgIpc) is 2.17. The van der Waals surface area contributed by atoms with Crippen molar-refractivity contribution >= 4 is 17.4 Å². The lowest BCUT2D eigenvalue weighted by Crippen LogP contribution is -2.34. The molecule has 0 spiro atoms. The van der Waals surface area contributed by atoms with Gasteiger partial charge < -0.3 is 16.4 Å². The van der Waals surface area contributed by atoms with Gasteiger partial charge in [0.15, 0.2) is 0 Å². The SMILES string of the molecule is CC(C)NC(=O)Nc1ccc(N)c(C(F)(F)F)c1. The fourth-order valence-electron chi connectivity index (χ4n) is 1.31. The van der Waals surface area contributed by atoms with Crippen LogP contribution >= 0.6 is 0 Å². The van der Waals surface area contributed by atoms with Crippen LogP contribution in [-0.4, -0.2) is 12.1 Å². The predicted molar refractivity (Wildman–Crippen MR) is 63.1 cm³/mol. The van der Waals surface area contributed by atoms with Crippen LogP contribution in [-0.2, 0) is 6.18 Å². The molecule has 0 aliphatic rings. The van der Waals surface area contributed by atoms with E-state index in [2.05, 4.69) is 10.6 Å². The molecule has 0 heterocycles. The van der Waals surface area contributed by atoms with Gasteiger partial charge in [-0.3, -0.25) is 0 Å². The van der Waals surface area contributed by atoms with Gasteiger partial charge in [-0.2, -0.15) is 13.2 Å². The predicted octanol–water partition coefficient (Wildman–Crippen LogP) is 2.82. The molecule has 0 aliphatic carbocycles. The van der Waals surface area contributed by atoms with Crippen LogP contribution < -0.4 is 16.4 Å². The van der Waals surface area contributed by atoms with Crippen LogP contribution in [0.25, 0.3) is 0 Å². The molecule has 0 atom stereocenters. The summed E-state index contributed by atoms with van der Waals surface area (Å²) < 4.78 is 37.7. The third-order valence-electron chi connectivity index (χ3n) is 2.04. The summed E-state index contributed by atoms with van der Waals surface area (Å²) in [7, 11) is 0. The monoisotopic (exact) mass is 261 g/mol. The van der Waals surface area contributed by atoms with Gasteiger partial charge in [0.05, 0.1) is 5.56 Å². The van der Waals surface area contributed by atoms with Gasteiger partial charge in [0, 0.05) is 17.4 Å². The van der Waals surface area contributed by atoms with E-state index in [1.165, 1.54) is 6.07 Å². The first-order chi connectivity index (χ1) is 8.20. The zero-order valence-electron chi connectivity index (χ0n) is 9.93. The molecule has 4 nitrogen and oxygen atoms in total. The van der Waals surface area contributed by atoms with Gasteiger partial charge in [0.2, 0.25) is 0 Å². The average molecular weight is 261 g/mol. The van der Waals surface area contributed by atoms with E-state index in [1.807, 2.05) is 0 Å². The molecule has 0 unspecified atom stereocenters. The number of nitrogens with two attached hydrogens (primary N) is 1. The zero-order chi connectivity index (χ0) is 13.9. The van der Waals surface area contributed by atoms with Gasteiger partial charge in [-0.1, -0.05) is 0 Å². The smallest absolute Gasteiger partial charge is 0.398 e. The summed E-state index contributed by atoms with van der Waals surface area (Å²) in [6, 6.07) is 2.54. The molecular formula is C11H14F3N3O. The fourth-order valence-corrected chi connectivity index (χ4v) is 1.31. The van der Waals surface area contributed by atoms with Crippen LogP contribution in [0, 0.1) is 0 Å². The first kappa shape index (κ1) is 14.1. The number of alkyl halides is 3. The van der Waals surface area contributed by atoms with Gasteiger partial charge in [-0.15, -0.1) is 0 Å². The van der Waals surface area contributed by atoms with Crippen molar-refractivity contribution in [3.8, 4) is 0 Å². The summed E-state index contributed by atoms with van der Waals surface area (Å²) in [5, 5.41) is 4.81. The number of halogens is 3. The maximum Gasteiger partial charge on any atom is 0.418 e. The summed E-state index contributed by atoms with van der Waals surface area (Å²) in [4.78, 5) is 11.3. The minimum atomic E-state index is -4.55. The number of urea groups is 1. The van der Waals surface area contributed by atoms with Crippen molar-refractivity contribution in [1.29, 1.82) is 0 Å². The van der Waals surface area contributed by atoms with E-state index in [1.54, 1.807) is 13.8 Å². The van der Waals surface area contributed by atoms with E-state index in [0.717, 1.165) is 12.1 Å². The molecule has 1 aromatic carbocycles. The first-order valence-electron chi connectivity index (χ1n) is 5.24. The third kappa shape index (κ3) is 3.83. The number of benzene rings is 1. The van der Waals surface area contributed by atoms with E-state index < -0.39 is 17.8 Å². The Hall–Kier alpha value is -1.92. The number of hydrogen-bond donors (Lipinski definition) is 3. The van der Waals surface area contributed by atoms with E-state index in [9.17, 15) is 18.0 Å². The normalized spacial score (nSPS) is 11.4. The number of amides is 2. The molecule has 0 aromatic heterocycles. The summed E-state index contributed by atoms with van der Waals surface area (Å²) in [6.45, 7) is 3.48. The number of carbonyl (C=O) groups is 1. The lowest BCUT2D eigenvalue weighted by molar-refractivity contribution is -0.136. The van der Waals surface area contributed by atoms with Crippen LogP contribution in [0.2, 0.25) is 0 Å². The highest BCUT2D eigenvalue weighted by molar-refractivity contribution is 5.89. The van der Waals surface area contributed by atoms with E-state index in [-0.39, 0.29) is 17.4 Å². The molecule has 2 amide bonds. The minimum absolute atomic E-state index is 0.0367. The minimum Gasteiger partial charge on any atom is -0.398 e. The second-order valence-corrected chi connectivity index (χ2v) is 4.05. The largest absolute Gasteiger partial charge is 0.418 e. The number of nitrogen functional groups attached to an aromatic ring is 1. The summed E-state index contributed by atoms with van der Waals surface area (Å²) in [5.41, 5.74) is 3.93. The molecule has 18 heavy (non-hydrogen) atoms. The molecule has 1 rings (SSSR count). The van der Waals surface area contributed by atoms with Crippen LogP contribution in [0.3, 0.4) is 0 Å². The zero-order valence-corrected chi connectivity index (χ0v) is 9.93. The van der Waals surface area contributed by atoms with E-state index in [4.69, 9.17) is 5.73 Å². The van der Waals surface area contributed by atoms with Gasteiger partial charge in [0.25, 0.3) is 0 Å². The first-order valence-corrected chi connectivity index (χ1v) is 5.24. The second-order valence-electron chi connectivity index (χ2n) is 4.05. The highest BCUT2D eigenvalue weighted by atomic mass is 19.4. The summed E-state index contributed by atoms with van der Waals surface area (Å²) in [5.74, 6) is 0. The Labute approximate surface area is 102 Å². The van der Waals surface area contributed by atoms with Gasteiger partial charge >= 0.3 is 12.2 Å². The molecule has 4 N–H and O–H groups in total. The molecule has 0 radical (unpaired) electrons. The molecule has 7 heteroatoms. The highest BCUT2D eigenvalue weighted by Crippen LogP contribution is 2.35. The van der Waals surface area contributed by atoms with Crippen LogP contribution in [0.15, 0.2) is 18.2 Å². The van der Waals surface area contributed by atoms with Crippen molar-refractivity contribution in [1.82, 2.24) is 5.32 Å². The van der Waals surface area contributed by atoms with Gasteiger partial charge in [-0.05, 0) is 32.0 Å². The Bertz CT molecular complexity index is 444. The molecule has 1 aromatic rings. The standard InChI is InChI=1S/C11H14F3N3O/c1-6(2)16-10(18)17-7-3-4-9(15)8(5-7)11(12,13)14/h3-6H,15H2,1-2H3,(H2,16,17,18). The lowest BCUT2D eigenvalue weighted by atomic mass is 10.1. The summed E-state index contributed by atoms with van der Waals surface area (Å²) in [6.07, 6.45) is -4.55. The van der Waals surface area contributed by atoms with Crippen LogP contribution in [0.5, 0.6) is 0 Å². The van der Waals surface area contributed by atoms with Crippen molar-refractivity contribution in [3.63, 3.8) is 0 Å². The number of anilines is 2.